The third-order valence-corrected chi connectivity index (χ3v) is 5.54. The number of nitrogens with zero attached hydrogens (tertiary/aromatic N) is 1. The number of aryl methyl sites for hydroxylation is 1. The third-order valence-electron chi connectivity index (χ3n) is 3.76. The number of anilines is 1. The van der Waals surface area contributed by atoms with E-state index in [9.17, 15) is 13.2 Å². The molecule has 0 spiro atoms. The highest BCUT2D eigenvalue weighted by molar-refractivity contribution is 7.89. The molecule has 1 saturated heterocycles. The Morgan fingerprint density at radius 1 is 1.12 bits per heavy atom. The largest absolute Gasteiger partial charge is 0.438 e. The van der Waals surface area contributed by atoms with Gasteiger partial charge in [-0.15, -0.1) is 0 Å². The van der Waals surface area contributed by atoms with Crippen LogP contribution in [0.25, 0.3) is 0 Å². The first-order chi connectivity index (χ1) is 11.5. The number of carbonyl (C=O) groups is 1. The van der Waals surface area contributed by atoms with Crippen LogP contribution < -0.4 is 5.32 Å². The second kappa shape index (κ2) is 6.76. The average molecular weight is 350 g/mol. The van der Waals surface area contributed by atoms with Crippen LogP contribution in [0.4, 0.5) is 5.69 Å². The molecule has 0 bridgehead atoms. The van der Waals surface area contributed by atoms with E-state index < -0.39 is 15.9 Å². The SMILES string of the molecule is Cc1ccccc1NC(=O)c1ccc(S(=O)(=O)N2CCOCC2)o1. The van der Waals surface area contributed by atoms with Crippen LogP contribution in [0.2, 0.25) is 0 Å². The average Bonchev–Trinajstić information content (AvgIpc) is 3.09. The normalized spacial score (nSPS) is 16.0. The van der Waals surface area contributed by atoms with Gasteiger partial charge in [0.05, 0.1) is 13.2 Å². The molecule has 1 aliphatic rings. The number of benzene rings is 1. The quantitative estimate of drug-likeness (QED) is 0.909. The van der Waals surface area contributed by atoms with Crippen molar-refractivity contribution in [2.24, 2.45) is 0 Å². The minimum absolute atomic E-state index is 0.0508. The first-order valence-electron chi connectivity index (χ1n) is 7.53. The van der Waals surface area contributed by atoms with Gasteiger partial charge in [0, 0.05) is 18.8 Å². The van der Waals surface area contributed by atoms with Crippen LogP contribution in [0.15, 0.2) is 45.9 Å². The van der Waals surface area contributed by atoms with Crippen LogP contribution >= 0.6 is 0 Å². The topological polar surface area (TPSA) is 88.9 Å². The summed E-state index contributed by atoms with van der Waals surface area (Å²) in [4.78, 5) is 12.2. The zero-order chi connectivity index (χ0) is 17.2. The predicted molar refractivity (Wildman–Crippen MR) is 87.4 cm³/mol. The molecular formula is C16H18N2O5S. The lowest BCUT2D eigenvalue weighted by Gasteiger charge is -2.24. The molecule has 0 unspecified atom stereocenters. The molecular weight excluding hydrogens is 332 g/mol. The minimum Gasteiger partial charge on any atom is -0.438 e. The lowest BCUT2D eigenvalue weighted by Crippen LogP contribution is -2.40. The van der Waals surface area contributed by atoms with Gasteiger partial charge in [-0.1, -0.05) is 18.2 Å². The summed E-state index contributed by atoms with van der Waals surface area (Å²) in [6.07, 6.45) is 0. The lowest BCUT2D eigenvalue weighted by atomic mass is 10.2. The summed E-state index contributed by atoms with van der Waals surface area (Å²) in [6, 6.07) is 9.97. The van der Waals surface area contributed by atoms with Gasteiger partial charge in [-0.05, 0) is 30.7 Å². The second-order valence-electron chi connectivity index (χ2n) is 5.40. The molecule has 7 nitrogen and oxygen atoms in total. The number of hydrogen-bond acceptors (Lipinski definition) is 5. The van der Waals surface area contributed by atoms with E-state index in [1.807, 2.05) is 19.1 Å². The van der Waals surface area contributed by atoms with Crippen molar-refractivity contribution in [1.29, 1.82) is 0 Å². The van der Waals surface area contributed by atoms with E-state index in [1.165, 1.54) is 16.4 Å². The Balaban J connectivity index is 1.77. The summed E-state index contributed by atoms with van der Waals surface area (Å²) in [7, 11) is -3.75. The first kappa shape index (κ1) is 16.7. The number of nitrogens with one attached hydrogen (secondary N) is 1. The zero-order valence-corrected chi connectivity index (χ0v) is 14.0. The van der Waals surface area contributed by atoms with E-state index in [2.05, 4.69) is 5.32 Å². The zero-order valence-electron chi connectivity index (χ0n) is 13.2. The van der Waals surface area contributed by atoms with Crippen molar-refractivity contribution in [1.82, 2.24) is 4.31 Å². The van der Waals surface area contributed by atoms with Gasteiger partial charge in [-0.2, -0.15) is 4.31 Å². The molecule has 24 heavy (non-hydrogen) atoms. The number of sulfonamides is 1. The van der Waals surface area contributed by atoms with Crippen molar-refractivity contribution in [2.75, 3.05) is 31.6 Å². The lowest BCUT2D eigenvalue weighted by molar-refractivity contribution is 0.0723. The fourth-order valence-corrected chi connectivity index (χ4v) is 3.71. The molecule has 3 rings (SSSR count). The van der Waals surface area contributed by atoms with Gasteiger partial charge < -0.3 is 14.5 Å². The van der Waals surface area contributed by atoms with Gasteiger partial charge in [-0.3, -0.25) is 4.79 Å². The molecule has 2 aromatic rings. The molecule has 1 fully saturated rings. The van der Waals surface area contributed by atoms with E-state index in [4.69, 9.17) is 9.15 Å². The molecule has 1 N–H and O–H groups in total. The number of morpholine rings is 1. The number of hydrogen-bond donors (Lipinski definition) is 1. The van der Waals surface area contributed by atoms with E-state index in [0.29, 0.717) is 18.9 Å². The Bertz CT molecular complexity index is 838. The fraction of sp³-hybridized carbons (Fsp3) is 0.312. The smallest absolute Gasteiger partial charge is 0.291 e. The van der Waals surface area contributed by atoms with E-state index in [0.717, 1.165) is 5.56 Å². The number of amides is 1. The number of furan rings is 1. The van der Waals surface area contributed by atoms with Crippen molar-refractivity contribution in [2.45, 2.75) is 12.0 Å². The molecule has 0 radical (unpaired) electrons. The van der Waals surface area contributed by atoms with Crippen molar-refractivity contribution in [3.8, 4) is 0 Å². The highest BCUT2D eigenvalue weighted by Crippen LogP contribution is 2.21. The minimum atomic E-state index is -3.75. The highest BCUT2D eigenvalue weighted by Gasteiger charge is 2.30. The molecule has 0 saturated carbocycles. The summed E-state index contributed by atoms with van der Waals surface area (Å²) in [5.74, 6) is -0.544. The van der Waals surface area contributed by atoms with Crippen LogP contribution in [0.1, 0.15) is 16.1 Å². The van der Waals surface area contributed by atoms with Gasteiger partial charge in [-0.25, -0.2) is 8.42 Å². The van der Waals surface area contributed by atoms with Crippen molar-refractivity contribution >= 4 is 21.6 Å². The molecule has 8 heteroatoms. The summed E-state index contributed by atoms with van der Waals surface area (Å²) in [6.45, 7) is 3.11. The van der Waals surface area contributed by atoms with Crippen LogP contribution in [-0.4, -0.2) is 44.9 Å². The first-order valence-corrected chi connectivity index (χ1v) is 8.97. The van der Waals surface area contributed by atoms with E-state index in [1.54, 1.807) is 12.1 Å². The molecule has 1 amide bonds. The van der Waals surface area contributed by atoms with Crippen molar-refractivity contribution < 1.29 is 22.4 Å². The Hall–Kier alpha value is -2.16. The van der Waals surface area contributed by atoms with Crippen molar-refractivity contribution in [3.63, 3.8) is 0 Å². The van der Waals surface area contributed by atoms with Crippen LogP contribution in [-0.2, 0) is 14.8 Å². The maximum Gasteiger partial charge on any atom is 0.291 e. The number of ether oxygens (including phenoxy) is 1. The van der Waals surface area contributed by atoms with E-state index >= 15 is 0 Å². The highest BCUT2D eigenvalue weighted by atomic mass is 32.2. The number of carbonyl (C=O) groups excluding carboxylic acids is 1. The molecule has 1 aliphatic heterocycles. The van der Waals surface area contributed by atoms with Gasteiger partial charge in [0.2, 0.25) is 5.09 Å². The maximum atomic E-state index is 12.5. The Kier molecular flexibility index (Phi) is 4.70. The summed E-state index contributed by atoms with van der Waals surface area (Å²) in [5, 5.41) is 2.47. The van der Waals surface area contributed by atoms with E-state index in [-0.39, 0.29) is 23.9 Å². The Labute approximate surface area is 140 Å². The summed E-state index contributed by atoms with van der Waals surface area (Å²) in [5.41, 5.74) is 1.55. The Morgan fingerprint density at radius 3 is 2.54 bits per heavy atom. The molecule has 128 valence electrons. The molecule has 2 heterocycles. The standard InChI is InChI=1S/C16H18N2O5S/c1-12-4-2-3-5-13(12)17-16(19)14-6-7-15(23-14)24(20,21)18-8-10-22-11-9-18/h2-7H,8-11H2,1H3,(H,17,19). The predicted octanol–water partition coefficient (Wildman–Crippen LogP) is 1.86. The Morgan fingerprint density at radius 2 is 1.83 bits per heavy atom. The summed E-state index contributed by atoms with van der Waals surface area (Å²) >= 11 is 0. The second-order valence-corrected chi connectivity index (χ2v) is 7.27. The third kappa shape index (κ3) is 3.35. The fourth-order valence-electron chi connectivity index (χ4n) is 2.39. The molecule has 1 aromatic carbocycles. The van der Waals surface area contributed by atoms with Crippen LogP contribution in [0.5, 0.6) is 0 Å². The summed E-state index contributed by atoms with van der Waals surface area (Å²) < 4.78 is 36.7. The molecule has 0 aliphatic carbocycles. The van der Waals surface area contributed by atoms with Gasteiger partial charge >= 0.3 is 0 Å². The maximum absolute atomic E-state index is 12.5. The van der Waals surface area contributed by atoms with Gasteiger partial charge in [0.15, 0.2) is 5.76 Å². The number of para-hydroxylation sites is 1. The van der Waals surface area contributed by atoms with Crippen LogP contribution in [0.3, 0.4) is 0 Å². The molecule has 1 aromatic heterocycles. The monoisotopic (exact) mass is 350 g/mol. The molecule has 0 atom stereocenters. The van der Waals surface area contributed by atoms with Gasteiger partial charge in [0.25, 0.3) is 15.9 Å². The number of rotatable bonds is 4. The van der Waals surface area contributed by atoms with Gasteiger partial charge in [0.1, 0.15) is 0 Å². The van der Waals surface area contributed by atoms with Crippen molar-refractivity contribution in [3.05, 3.63) is 47.7 Å². The van der Waals surface area contributed by atoms with Crippen LogP contribution in [0, 0.1) is 6.92 Å².